The molecule has 1 atom stereocenters. The molecule has 2 heterocycles. The van der Waals surface area contributed by atoms with Crippen LogP contribution in [0, 0.1) is 0 Å². The van der Waals surface area contributed by atoms with Gasteiger partial charge in [-0.05, 0) is 36.1 Å². The first-order valence-corrected chi connectivity index (χ1v) is 9.95. The number of thioether (sulfide) groups is 1. The number of carbonyl (C=O) groups is 1. The molecular formula is C20H17N4O4S-. The monoisotopic (exact) mass is 409 g/mol. The maximum absolute atomic E-state index is 10.5. The minimum Gasteiger partial charge on any atom is -0.546 e. The Morgan fingerprint density at radius 1 is 1.21 bits per heavy atom. The number of benzene rings is 2. The molecule has 0 bridgehead atoms. The molecule has 0 saturated carbocycles. The molecule has 4 rings (SSSR count). The van der Waals surface area contributed by atoms with E-state index in [4.69, 9.17) is 9.47 Å². The summed E-state index contributed by atoms with van der Waals surface area (Å²) in [6, 6.07) is 14.7. The van der Waals surface area contributed by atoms with Crippen LogP contribution in [0.2, 0.25) is 0 Å². The van der Waals surface area contributed by atoms with Gasteiger partial charge in [-0.1, -0.05) is 36.9 Å². The van der Waals surface area contributed by atoms with Gasteiger partial charge in [0, 0.05) is 16.8 Å². The number of carboxylic acids is 1. The van der Waals surface area contributed by atoms with E-state index in [0.717, 1.165) is 22.6 Å². The molecule has 0 spiro atoms. The zero-order valence-electron chi connectivity index (χ0n) is 15.5. The molecule has 0 aliphatic carbocycles. The second-order valence-corrected chi connectivity index (χ2v) is 7.33. The Morgan fingerprint density at radius 2 is 2.00 bits per heavy atom. The molecule has 0 amide bonds. The van der Waals surface area contributed by atoms with E-state index in [9.17, 15) is 9.90 Å². The van der Waals surface area contributed by atoms with Crippen LogP contribution in [-0.4, -0.2) is 33.5 Å². The summed E-state index contributed by atoms with van der Waals surface area (Å²) >= 11 is 1.49. The second kappa shape index (κ2) is 8.36. The number of rotatable bonds is 6. The Labute approximate surface area is 171 Å². The van der Waals surface area contributed by atoms with E-state index in [-0.39, 0.29) is 0 Å². The van der Waals surface area contributed by atoms with Crippen molar-refractivity contribution in [2.24, 2.45) is 0 Å². The summed E-state index contributed by atoms with van der Waals surface area (Å²) in [6.07, 6.45) is -0.524. The quantitative estimate of drug-likeness (QED) is 0.613. The molecule has 3 aromatic rings. The van der Waals surface area contributed by atoms with Crippen molar-refractivity contribution in [1.82, 2.24) is 15.2 Å². The summed E-state index contributed by atoms with van der Waals surface area (Å²) in [5.74, 6) is 0.379. The number of nitrogens with zero attached hydrogens (tertiary/aromatic N) is 3. The number of aromatic nitrogens is 3. The zero-order chi connectivity index (χ0) is 20.2. The number of nitrogens with one attached hydrogen (secondary N) is 1. The molecule has 1 aliphatic heterocycles. The van der Waals surface area contributed by atoms with Gasteiger partial charge in [-0.15, -0.1) is 10.2 Å². The van der Waals surface area contributed by atoms with E-state index >= 15 is 0 Å². The molecule has 0 fully saturated rings. The number of hydrogen-bond donors (Lipinski definition) is 1. The Hall–Kier alpha value is -3.33. The van der Waals surface area contributed by atoms with Crippen LogP contribution in [0.1, 0.15) is 18.7 Å². The number of para-hydroxylation sites is 1. The smallest absolute Gasteiger partial charge is 0.247 e. The number of aliphatic carboxylic acids is 1. The van der Waals surface area contributed by atoms with Crippen LogP contribution in [-0.2, 0) is 4.79 Å². The van der Waals surface area contributed by atoms with Gasteiger partial charge in [0.2, 0.25) is 11.0 Å². The van der Waals surface area contributed by atoms with E-state index in [0.29, 0.717) is 22.5 Å². The van der Waals surface area contributed by atoms with Gasteiger partial charge >= 0.3 is 0 Å². The van der Waals surface area contributed by atoms with Gasteiger partial charge in [-0.25, -0.2) is 0 Å². The van der Waals surface area contributed by atoms with Crippen LogP contribution < -0.4 is 19.9 Å². The maximum Gasteiger partial charge on any atom is 0.247 e. The van der Waals surface area contributed by atoms with Crippen LogP contribution in [0.25, 0.3) is 11.3 Å². The highest BCUT2D eigenvalue weighted by Gasteiger charge is 2.25. The van der Waals surface area contributed by atoms with Crippen molar-refractivity contribution in [2.75, 3.05) is 17.7 Å². The van der Waals surface area contributed by atoms with Crippen molar-refractivity contribution in [3.05, 3.63) is 54.1 Å². The van der Waals surface area contributed by atoms with Gasteiger partial charge < -0.3 is 24.7 Å². The van der Waals surface area contributed by atoms with Crippen LogP contribution >= 0.6 is 11.8 Å². The van der Waals surface area contributed by atoms with E-state index in [1.807, 2.05) is 31.2 Å². The molecule has 9 heteroatoms. The molecule has 0 unspecified atom stereocenters. The molecule has 1 aliphatic rings. The fourth-order valence-corrected chi connectivity index (χ4v) is 3.37. The number of carboxylic acid groups (broad SMARTS) is 1. The molecule has 29 heavy (non-hydrogen) atoms. The van der Waals surface area contributed by atoms with Crippen molar-refractivity contribution in [2.45, 2.75) is 18.3 Å². The predicted octanol–water partition coefficient (Wildman–Crippen LogP) is 2.28. The lowest BCUT2D eigenvalue weighted by Crippen LogP contribution is -2.28. The van der Waals surface area contributed by atoms with E-state index < -0.39 is 18.8 Å². The summed E-state index contributed by atoms with van der Waals surface area (Å²) in [5, 5.41) is 23.0. The van der Waals surface area contributed by atoms with Crippen molar-refractivity contribution in [3.63, 3.8) is 0 Å². The van der Waals surface area contributed by atoms with Gasteiger partial charge in [0.15, 0.2) is 11.9 Å². The number of ether oxygens (including phenoxy) is 2. The first-order valence-electron chi connectivity index (χ1n) is 8.96. The standard InChI is InChI=1S/C20H18N4O4S/c1-2-29-20-22-19-17(23-24-20)14-5-3-4-6-15(14)21-18(28-19)12-7-9-13(10-8-12)27-11-16(25)26/h3-10,18,21H,2,11H2,1H3,(H,25,26)/p-1/t18-/m0/s1. The van der Waals surface area contributed by atoms with Gasteiger partial charge in [-0.3, -0.25) is 0 Å². The largest absolute Gasteiger partial charge is 0.546 e. The zero-order valence-corrected chi connectivity index (χ0v) is 16.3. The number of carbonyl (C=O) groups excluding carboxylic acids is 1. The van der Waals surface area contributed by atoms with Crippen LogP contribution in [0.15, 0.2) is 53.7 Å². The predicted molar refractivity (Wildman–Crippen MR) is 106 cm³/mol. The van der Waals surface area contributed by atoms with E-state index in [2.05, 4.69) is 20.5 Å². The maximum atomic E-state index is 10.5. The third-order valence-electron chi connectivity index (χ3n) is 4.15. The highest BCUT2D eigenvalue weighted by molar-refractivity contribution is 7.99. The topological polar surface area (TPSA) is 109 Å². The summed E-state index contributed by atoms with van der Waals surface area (Å²) in [6.45, 7) is 1.52. The van der Waals surface area contributed by atoms with Gasteiger partial charge in [0.25, 0.3) is 0 Å². The first-order chi connectivity index (χ1) is 14.1. The van der Waals surface area contributed by atoms with E-state index in [1.54, 1.807) is 24.3 Å². The highest BCUT2D eigenvalue weighted by Crippen LogP contribution is 2.39. The summed E-state index contributed by atoms with van der Waals surface area (Å²) in [7, 11) is 0. The number of hydrogen-bond acceptors (Lipinski definition) is 9. The van der Waals surface area contributed by atoms with Crippen LogP contribution in [0.3, 0.4) is 0 Å². The Bertz CT molecular complexity index is 1030. The fraction of sp³-hybridized carbons (Fsp3) is 0.200. The SMILES string of the molecule is CCSc1nnc2c(n1)O[C@@H](c1ccc(OCC(=O)[O-])cc1)Nc1ccccc1-2. The second-order valence-electron chi connectivity index (χ2n) is 6.10. The number of fused-ring (bicyclic) bond motifs is 3. The molecular weight excluding hydrogens is 392 g/mol. The van der Waals surface area contributed by atoms with Crippen LogP contribution in [0.4, 0.5) is 5.69 Å². The van der Waals surface area contributed by atoms with E-state index in [1.165, 1.54) is 11.8 Å². The minimum atomic E-state index is -1.27. The molecule has 1 N–H and O–H groups in total. The molecule has 148 valence electrons. The summed E-state index contributed by atoms with van der Waals surface area (Å²) in [4.78, 5) is 15.1. The van der Waals surface area contributed by atoms with Gasteiger partial charge in [0.05, 0.1) is 5.97 Å². The Balaban J connectivity index is 1.67. The van der Waals surface area contributed by atoms with Crippen LogP contribution in [0.5, 0.6) is 11.6 Å². The van der Waals surface area contributed by atoms with Crippen molar-refractivity contribution in [3.8, 4) is 22.9 Å². The van der Waals surface area contributed by atoms with Crippen molar-refractivity contribution in [1.29, 1.82) is 0 Å². The lowest BCUT2D eigenvalue weighted by molar-refractivity contribution is -0.307. The van der Waals surface area contributed by atoms with Crippen molar-refractivity contribution >= 4 is 23.4 Å². The fourth-order valence-electron chi connectivity index (χ4n) is 2.87. The van der Waals surface area contributed by atoms with Gasteiger partial charge in [0.1, 0.15) is 12.4 Å². The summed E-state index contributed by atoms with van der Waals surface area (Å²) in [5.41, 5.74) is 3.09. The molecule has 1 aromatic heterocycles. The lowest BCUT2D eigenvalue weighted by Gasteiger charge is -2.19. The molecule has 8 nitrogen and oxygen atoms in total. The minimum absolute atomic E-state index is 0.399. The normalized spacial score (nSPS) is 14.6. The first kappa shape index (κ1) is 19.0. The average molecular weight is 409 g/mol. The lowest BCUT2D eigenvalue weighted by atomic mass is 10.1. The third-order valence-corrected chi connectivity index (χ3v) is 4.87. The summed E-state index contributed by atoms with van der Waals surface area (Å²) < 4.78 is 11.3. The van der Waals surface area contributed by atoms with Crippen molar-refractivity contribution < 1.29 is 19.4 Å². The molecule has 0 saturated heterocycles. The molecule has 2 aromatic carbocycles. The average Bonchev–Trinajstić information content (AvgIpc) is 2.89. The van der Waals surface area contributed by atoms with Gasteiger partial charge in [-0.2, -0.15) is 4.98 Å². The highest BCUT2D eigenvalue weighted by atomic mass is 32.2. The third kappa shape index (κ3) is 4.24. The Morgan fingerprint density at radius 3 is 2.76 bits per heavy atom. The molecule has 0 radical (unpaired) electrons. The Kier molecular flexibility index (Phi) is 5.48. The number of anilines is 1.